The van der Waals surface area contributed by atoms with Gasteiger partial charge in [-0.05, 0) is 31.4 Å². The standard InChI is InChI=1S/C16H16N4O3S/c1-8-13-10(15(22)18-9(2)14(21)17-3)7-11(12-5-4-6-24-12)19-16(13)23-20-8/h4-7,9H,1-3H3,(H,17,21)(H,18,22)/t9-/m1/s1. The van der Waals surface area contributed by atoms with E-state index in [4.69, 9.17) is 4.52 Å². The van der Waals surface area contributed by atoms with Gasteiger partial charge in [0.05, 0.1) is 27.2 Å². The van der Waals surface area contributed by atoms with E-state index < -0.39 is 6.04 Å². The molecule has 0 spiro atoms. The Labute approximate surface area is 142 Å². The number of likely N-dealkylation sites (N-methyl/N-ethyl adjacent to an activating group) is 1. The molecule has 3 heterocycles. The molecule has 2 amide bonds. The van der Waals surface area contributed by atoms with E-state index in [0.29, 0.717) is 28.1 Å². The van der Waals surface area contributed by atoms with Crippen LogP contribution in [0.4, 0.5) is 0 Å². The zero-order valence-corrected chi connectivity index (χ0v) is 14.2. The van der Waals surface area contributed by atoms with Crippen LogP contribution in [0, 0.1) is 6.92 Å². The van der Waals surface area contributed by atoms with Gasteiger partial charge in [0.2, 0.25) is 5.91 Å². The number of carbonyl (C=O) groups is 2. The largest absolute Gasteiger partial charge is 0.357 e. The van der Waals surface area contributed by atoms with Crippen molar-refractivity contribution in [2.75, 3.05) is 7.05 Å². The SMILES string of the molecule is CNC(=O)[C@@H](C)NC(=O)c1cc(-c2cccs2)nc2onc(C)c12. The first-order chi connectivity index (χ1) is 11.5. The molecule has 3 rings (SSSR count). The quantitative estimate of drug-likeness (QED) is 0.755. The molecule has 3 aromatic rings. The number of hydrogen-bond donors (Lipinski definition) is 2. The molecule has 0 saturated heterocycles. The lowest BCUT2D eigenvalue weighted by atomic mass is 10.1. The van der Waals surface area contributed by atoms with Gasteiger partial charge in [-0.3, -0.25) is 9.59 Å². The summed E-state index contributed by atoms with van der Waals surface area (Å²) in [7, 11) is 1.52. The number of fused-ring (bicyclic) bond motifs is 1. The van der Waals surface area contributed by atoms with Crippen LogP contribution in [0.1, 0.15) is 23.0 Å². The van der Waals surface area contributed by atoms with E-state index in [0.717, 1.165) is 4.88 Å². The Bertz CT molecular complexity index is 902. The van der Waals surface area contributed by atoms with Crippen molar-refractivity contribution in [1.82, 2.24) is 20.8 Å². The number of rotatable bonds is 4. The summed E-state index contributed by atoms with van der Waals surface area (Å²) in [4.78, 5) is 29.7. The van der Waals surface area contributed by atoms with Crippen LogP contribution in [0.25, 0.3) is 21.7 Å². The van der Waals surface area contributed by atoms with Gasteiger partial charge in [-0.1, -0.05) is 11.2 Å². The van der Waals surface area contributed by atoms with Crippen molar-refractivity contribution in [1.29, 1.82) is 0 Å². The Kier molecular flexibility index (Phi) is 4.30. The normalized spacial score (nSPS) is 12.1. The zero-order valence-electron chi connectivity index (χ0n) is 13.4. The van der Waals surface area contributed by atoms with Crippen LogP contribution in [0.3, 0.4) is 0 Å². The number of aromatic nitrogens is 2. The second kappa shape index (κ2) is 6.40. The van der Waals surface area contributed by atoms with E-state index in [1.165, 1.54) is 18.4 Å². The summed E-state index contributed by atoms with van der Waals surface area (Å²) < 4.78 is 5.24. The summed E-state index contributed by atoms with van der Waals surface area (Å²) >= 11 is 1.51. The van der Waals surface area contributed by atoms with Crippen LogP contribution in [0.2, 0.25) is 0 Å². The van der Waals surface area contributed by atoms with Gasteiger partial charge in [-0.25, -0.2) is 4.98 Å². The monoisotopic (exact) mass is 344 g/mol. The molecular formula is C16H16N4O3S. The van der Waals surface area contributed by atoms with Crippen molar-refractivity contribution in [3.05, 3.63) is 34.8 Å². The highest BCUT2D eigenvalue weighted by Gasteiger charge is 2.22. The van der Waals surface area contributed by atoms with Gasteiger partial charge in [0.1, 0.15) is 6.04 Å². The molecular weight excluding hydrogens is 328 g/mol. The minimum atomic E-state index is -0.656. The number of hydrogen-bond acceptors (Lipinski definition) is 6. The number of aryl methyl sites for hydroxylation is 1. The Hall–Kier alpha value is -2.74. The Balaban J connectivity index is 2.06. The molecule has 0 unspecified atom stereocenters. The third-order valence-electron chi connectivity index (χ3n) is 3.62. The Morgan fingerprint density at radius 3 is 2.83 bits per heavy atom. The second-order valence-corrected chi connectivity index (χ2v) is 6.24. The summed E-state index contributed by atoms with van der Waals surface area (Å²) in [6.45, 7) is 3.37. The summed E-state index contributed by atoms with van der Waals surface area (Å²) in [5.74, 6) is -0.642. The fraction of sp³-hybridized carbons (Fsp3) is 0.250. The summed E-state index contributed by atoms with van der Waals surface area (Å²) in [6, 6.07) is 4.86. The van der Waals surface area contributed by atoms with Gasteiger partial charge < -0.3 is 15.2 Å². The Morgan fingerprint density at radius 1 is 1.38 bits per heavy atom. The van der Waals surface area contributed by atoms with Crippen LogP contribution in [-0.2, 0) is 4.79 Å². The maximum atomic E-state index is 12.7. The minimum Gasteiger partial charge on any atom is -0.357 e. The van der Waals surface area contributed by atoms with E-state index in [2.05, 4.69) is 20.8 Å². The predicted molar refractivity (Wildman–Crippen MR) is 90.8 cm³/mol. The highest BCUT2D eigenvalue weighted by atomic mass is 32.1. The third-order valence-corrected chi connectivity index (χ3v) is 4.52. The number of nitrogens with zero attached hydrogens (tertiary/aromatic N) is 2. The maximum absolute atomic E-state index is 12.7. The number of carbonyl (C=O) groups excluding carboxylic acids is 2. The molecule has 0 aromatic carbocycles. The van der Waals surface area contributed by atoms with Crippen LogP contribution in [0.5, 0.6) is 0 Å². The molecule has 0 bridgehead atoms. The lowest BCUT2D eigenvalue weighted by Crippen LogP contribution is -2.43. The first-order valence-corrected chi connectivity index (χ1v) is 8.22. The molecule has 0 aliphatic carbocycles. The molecule has 24 heavy (non-hydrogen) atoms. The van der Waals surface area contributed by atoms with E-state index >= 15 is 0 Å². The van der Waals surface area contributed by atoms with Gasteiger partial charge >= 0.3 is 0 Å². The molecule has 0 radical (unpaired) electrons. The summed E-state index contributed by atoms with van der Waals surface area (Å²) in [5, 5.41) is 11.6. The van der Waals surface area contributed by atoms with E-state index in [1.54, 1.807) is 19.9 Å². The third kappa shape index (κ3) is 2.88. The fourth-order valence-electron chi connectivity index (χ4n) is 2.38. The molecule has 3 aromatic heterocycles. The van der Waals surface area contributed by atoms with Crippen LogP contribution >= 0.6 is 11.3 Å². The van der Waals surface area contributed by atoms with Crippen molar-refractivity contribution in [2.45, 2.75) is 19.9 Å². The van der Waals surface area contributed by atoms with Crippen molar-refractivity contribution in [3.63, 3.8) is 0 Å². The average molecular weight is 344 g/mol. The van der Waals surface area contributed by atoms with Gasteiger partial charge in [-0.15, -0.1) is 11.3 Å². The lowest BCUT2D eigenvalue weighted by Gasteiger charge is -2.13. The zero-order chi connectivity index (χ0) is 17.3. The molecule has 0 saturated carbocycles. The molecule has 0 fully saturated rings. The molecule has 1 atom stereocenters. The first-order valence-electron chi connectivity index (χ1n) is 7.34. The minimum absolute atomic E-state index is 0.269. The smallest absolute Gasteiger partial charge is 0.259 e. The molecule has 2 N–H and O–H groups in total. The molecule has 8 heteroatoms. The number of thiophene rings is 1. The van der Waals surface area contributed by atoms with Gasteiger partial charge in [0, 0.05) is 7.05 Å². The van der Waals surface area contributed by atoms with Gasteiger partial charge in [0.15, 0.2) is 0 Å². The first kappa shape index (κ1) is 16.1. The molecule has 7 nitrogen and oxygen atoms in total. The van der Waals surface area contributed by atoms with Crippen molar-refractivity contribution in [2.24, 2.45) is 0 Å². The van der Waals surface area contributed by atoms with Gasteiger partial charge in [0.25, 0.3) is 11.6 Å². The summed E-state index contributed by atoms with van der Waals surface area (Å²) in [6.07, 6.45) is 0. The molecule has 0 aliphatic heterocycles. The number of pyridine rings is 1. The predicted octanol–water partition coefficient (Wildman–Crippen LogP) is 2.12. The van der Waals surface area contributed by atoms with Gasteiger partial charge in [-0.2, -0.15) is 0 Å². The van der Waals surface area contributed by atoms with E-state index in [1.807, 2.05) is 17.5 Å². The lowest BCUT2D eigenvalue weighted by molar-refractivity contribution is -0.122. The highest BCUT2D eigenvalue weighted by molar-refractivity contribution is 7.13. The van der Waals surface area contributed by atoms with Crippen LogP contribution in [0.15, 0.2) is 28.1 Å². The van der Waals surface area contributed by atoms with E-state index in [-0.39, 0.29) is 11.8 Å². The fourth-order valence-corrected chi connectivity index (χ4v) is 3.07. The van der Waals surface area contributed by atoms with E-state index in [9.17, 15) is 9.59 Å². The average Bonchev–Trinajstić information content (AvgIpc) is 3.23. The Morgan fingerprint density at radius 2 is 2.17 bits per heavy atom. The second-order valence-electron chi connectivity index (χ2n) is 5.29. The topological polar surface area (TPSA) is 97.1 Å². The number of amides is 2. The maximum Gasteiger partial charge on any atom is 0.259 e. The summed E-state index contributed by atoms with van der Waals surface area (Å²) in [5.41, 5.74) is 1.90. The van der Waals surface area contributed by atoms with Crippen molar-refractivity contribution < 1.29 is 14.1 Å². The van der Waals surface area contributed by atoms with Crippen molar-refractivity contribution in [3.8, 4) is 10.6 Å². The number of nitrogens with one attached hydrogen (secondary N) is 2. The highest BCUT2D eigenvalue weighted by Crippen LogP contribution is 2.29. The molecule has 0 aliphatic rings. The van der Waals surface area contributed by atoms with Crippen LogP contribution in [-0.4, -0.2) is 35.0 Å². The van der Waals surface area contributed by atoms with Crippen LogP contribution < -0.4 is 10.6 Å². The van der Waals surface area contributed by atoms with Crippen molar-refractivity contribution >= 4 is 34.3 Å². The molecule has 124 valence electrons.